The minimum Gasteiger partial charge on any atom is -0.466 e. The van der Waals surface area contributed by atoms with Crippen LogP contribution < -0.4 is 5.32 Å². The Kier molecular flexibility index (Phi) is 6.89. The summed E-state index contributed by atoms with van der Waals surface area (Å²) in [4.78, 5) is 18.4. The molecule has 0 aliphatic carbocycles. The fourth-order valence-corrected chi connectivity index (χ4v) is 3.19. The van der Waals surface area contributed by atoms with Gasteiger partial charge in [0.25, 0.3) is 0 Å². The summed E-state index contributed by atoms with van der Waals surface area (Å²) in [7, 11) is 1.79. The minimum absolute atomic E-state index is 0.0226. The predicted octanol–water partition coefficient (Wildman–Crippen LogP) is 2.80. The molecule has 1 aromatic carbocycles. The summed E-state index contributed by atoms with van der Waals surface area (Å²) >= 11 is 3.48. The Labute approximate surface area is 146 Å². The number of hydrogen-bond donors (Lipinski definition) is 1. The first-order valence-electron chi connectivity index (χ1n) is 8.00. The van der Waals surface area contributed by atoms with E-state index >= 15 is 0 Å². The van der Waals surface area contributed by atoms with Crippen LogP contribution >= 0.6 is 15.9 Å². The molecule has 1 aliphatic rings. The number of aliphatic imine (C=N–C) groups is 1. The normalized spacial score (nSPS) is 16.3. The highest BCUT2D eigenvalue weighted by Crippen LogP contribution is 2.19. The predicted molar refractivity (Wildman–Crippen MR) is 95.3 cm³/mol. The molecule has 0 aromatic heterocycles. The second-order valence-electron chi connectivity index (χ2n) is 5.54. The molecule has 1 aromatic rings. The highest BCUT2D eigenvalue weighted by atomic mass is 79.9. The molecule has 0 unspecified atom stereocenters. The van der Waals surface area contributed by atoms with E-state index in [0.29, 0.717) is 6.61 Å². The molecule has 0 spiro atoms. The number of carbonyl (C=O) groups is 1. The third kappa shape index (κ3) is 5.23. The zero-order valence-corrected chi connectivity index (χ0v) is 15.3. The summed E-state index contributed by atoms with van der Waals surface area (Å²) in [5.74, 6) is 0.839. The molecule has 1 N–H and O–H groups in total. The van der Waals surface area contributed by atoms with Gasteiger partial charge in [0, 0.05) is 31.2 Å². The third-order valence-electron chi connectivity index (χ3n) is 3.97. The number of nitrogens with zero attached hydrogens (tertiary/aromatic N) is 2. The highest BCUT2D eigenvalue weighted by molar-refractivity contribution is 9.10. The fourth-order valence-electron chi connectivity index (χ4n) is 2.75. The minimum atomic E-state index is -0.0655. The number of esters is 1. The van der Waals surface area contributed by atoms with Crippen LogP contribution in [0.3, 0.4) is 0 Å². The van der Waals surface area contributed by atoms with E-state index in [1.807, 2.05) is 19.1 Å². The molecule has 6 heteroatoms. The maximum atomic E-state index is 11.8. The zero-order valence-electron chi connectivity index (χ0n) is 13.7. The molecular formula is C17H24BrN3O2. The topological polar surface area (TPSA) is 53.9 Å². The molecule has 0 saturated carbocycles. The number of benzene rings is 1. The van der Waals surface area contributed by atoms with Crippen LogP contribution in [-0.4, -0.2) is 43.6 Å². The SMILES string of the molecule is CCOC(=O)C1CCN(C(=NC)NCc2cccc(Br)c2)CC1. The lowest BCUT2D eigenvalue weighted by Gasteiger charge is -2.33. The number of rotatable bonds is 4. The van der Waals surface area contributed by atoms with Gasteiger partial charge in [-0.25, -0.2) is 0 Å². The Morgan fingerprint density at radius 3 is 2.78 bits per heavy atom. The van der Waals surface area contributed by atoms with Crippen molar-refractivity contribution in [3.63, 3.8) is 0 Å². The van der Waals surface area contributed by atoms with Crippen molar-refractivity contribution in [2.24, 2.45) is 10.9 Å². The van der Waals surface area contributed by atoms with E-state index in [9.17, 15) is 4.79 Å². The monoisotopic (exact) mass is 381 g/mol. The van der Waals surface area contributed by atoms with Gasteiger partial charge in [-0.15, -0.1) is 0 Å². The van der Waals surface area contributed by atoms with Gasteiger partial charge in [-0.3, -0.25) is 9.79 Å². The number of guanidine groups is 1. The van der Waals surface area contributed by atoms with E-state index < -0.39 is 0 Å². The molecule has 1 aliphatic heterocycles. The van der Waals surface area contributed by atoms with Crippen molar-refractivity contribution in [2.75, 3.05) is 26.7 Å². The fraction of sp³-hybridized carbons (Fsp3) is 0.529. The van der Waals surface area contributed by atoms with Gasteiger partial charge in [-0.1, -0.05) is 28.1 Å². The van der Waals surface area contributed by atoms with Gasteiger partial charge in [0.15, 0.2) is 5.96 Å². The summed E-state index contributed by atoms with van der Waals surface area (Å²) in [6.45, 7) is 4.67. The van der Waals surface area contributed by atoms with Crippen molar-refractivity contribution in [1.82, 2.24) is 10.2 Å². The number of halogens is 1. The van der Waals surface area contributed by atoms with Gasteiger partial charge in [0.1, 0.15) is 0 Å². The maximum Gasteiger partial charge on any atom is 0.309 e. The lowest BCUT2D eigenvalue weighted by molar-refractivity contribution is -0.149. The van der Waals surface area contributed by atoms with Crippen molar-refractivity contribution in [1.29, 1.82) is 0 Å². The van der Waals surface area contributed by atoms with Crippen molar-refractivity contribution < 1.29 is 9.53 Å². The number of nitrogens with one attached hydrogen (secondary N) is 1. The van der Waals surface area contributed by atoms with E-state index in [1.165, 1.54) is 5.56 Å². The second kappa shape index (κ2) is 8.91. The number of piperidine rings is 1. The summed E-state index contributed by atoms with van der Waals surface area (Å²) in [5, 5.41) is 3.39. The van der Waals surface area contributed by atoms with Gasteiger partial charge in [0.2, 0.25) is 0 Å². The maximum absolute atomic E-state index is 11.8. The Bertz CT molecular complexity index is 555. The summed E-state index contributed by atoms with van der Waals surface area (Å²) in [6.07, 6.45) is 1.63. The molecule has 126 valence electrons. The van der Waals surface area contributed by atoms with E-state index in [2.05, 4.69) is 43.3 Å². The molecule has 2 rings (SSSR count). The van der Waals surface area contributed by atoms with Crippen LogP contribution in [0.2, 0.25) is 0 Å². The Morgan fingerprint density at radius 2 is 2.17 bits per heavy atom. The van der Waals surface area contributed by atoms with Crippen LogP contribution in [0.5, 0.6) is 0 Å². The molecule has 0 bridgehead atoms. The lowest BCUT2D eigenvalue weighted by Crippen LogP contribution is -2.46. The second-order valence-corrected chi connectivity index (χ2v) is 6.46. The summed E-state index contributed by atoms with van der Waals surface area (Å²) in [5.41, 5.74) is 1.20. The van der Waals surface area contributed by atoms with E-state index in [4.69, 9.17) is 4.74 Å². The van der Waals surface area contributed by atoms with E-state index in [1.54, 1.807) is 7.05 Å². The molecule has 1 saturated heterocycles. The standard InChI is InChI=1S/C17H24BrN3O2/c1-3-23-16(22)14-7-9-21(10-8-14)17(19-2)20-12-13-5-4-6-15(18)11-13/h4-6,11,14H,3,7-10,12H2,1-2H3,(H,19,20). The number of likely N-dealkylation sites (tertiary alicyclic amines) is 1. The molecule has 1 fully saturated rings. The van der Waals surface area contributed by atoms with Gasteiger partial charge >= 0.3 is 5.97 Å². The molecular weight excluding hydrogens is 358 g/mol. The van der Waals surface area contributed by atoms with Crippen LogP contribution in [0.1, 0.15) is 25.3 Å². The molecule has 0 atom stereocenters. The number of hydrogen-bond acceptors (Lipinski definition) is 3. The largest absolute Gasteiger partial charge is 0.466 e. The van der Waals surface area contributed by atoms with Crippen molar-refractivity contribution in [3.8, 4) is 0 Å². The van der Waals surface area contributed by atoms with Crippen molar-refractivity contribution in [3.05, 3.63) is 34.3 Å². The third-order valence-corrected chi connectivity index (χ3v) is 4.46. The number of ether oxygens (including phenoxy) is 1. The quantitative estimate of drug-likeness (QED) is 0.494. The van der Waals surface area contributed by atoms with Crippen LogP contribution in [-0.2, 0) is 16.1 Å². The average Bonchev–Trinajstić information content (AvgIpc) is 2.56. The Balaban J connectivity index is 1.84. The zero-order chi connectivity index (χ0) is 16.7. The lowest BCUT2D eigenvalue weighted by atomic mass is 9.97. The first-order valence-corrected chi connectivity index (χ1v) is 8.80. The van der Waals surface area contributed by atoms with Gasteiger partial charge in [-0.2, -0.15) is 0 Å². The summed E-state index contributed by atoms with van der Waals surface area (Å²) < 4.78 is 6.18. The molecule has 0 amide bonds. The molecule has 1 heterocycles. The first kappa shape index (κ1) is 17.8. The smallest absolute Gasteiger partial charge is 0.309 e. The highest BCUT2D eigenvalue weighted by Gasteiger charge is 2.27. The number of carbonyl (C=O) groups excluding carboxylic acids is 1. The molecule has 0 radical (unpaired) electrons. The Morgan fingerprint density at radius 1 is 1.43 bits per heavy atom. The van der Waals surface area contributed by atoms with Crippen LogP contribution in [0.4, 0.5) is 0 Å². The van der Waals surface area contributed by atoms with Gasteiger partial charge in [-0.05, 0) is 37.5 Å². The van der Waals surface area contributed by atoms with Crippen molar-refractivity contribution >= 4 is 27.9 Å². The first-order chi connectivity index (χ1) is 11.1. The van der Waals surface area contributed by atoms with Gasteiger partial charge in [0.05, 0.1) is 12.5 Å². The molecule has 5 nitrogen and oxygen atoms in total. The van der Waals surface area contributed by atoms with E-state index in [0.717, 1.165) is 42.9 Å². The van der Waals surface area contributed by atoms with E-state index in [-0.39, 0.29) is 11.9 Å². The summed E-state index contributed by atoms with van der Waals surface area (Å²) in [6, 6.07) is 8.21. The average molecular weight is 382 g/mol. The molecule has 23 heavy (non-hydrogen) atoms. The van der Waals surface area contributed by atoms with Crippen LogP contribution in [0.25, 0.3) is 0 Å². The van der Waals surface area contributed by atoms with Crippen molar-refractivity contribution in [2.45, 2.75) is 26.3 Å². The van der Waals surface area contributed by atoms with Gasteiger partial charge < -0.3 is 15.0 Å². The van der Waals surface area contributed by atoms with Crippen LogP contribution in [0.15, 0.2) is 33.7 Å². The Hall–Kier alpha value is -1.56. The van der Waals surface area contributed by atoms with Crippen LogP contribution in [0, 0.1) is 5.92 Å².